The molecule has 1 aliphatic heterocycles. The third-order valence-corrected chi connectivity index (χ3v) is 5.83. The molecule has 0 atom stereocenters. The largest absolute Gasteiger partial charge is 0.340 e. The van der Waals surface area contributed by atoms with Crippen molar-refractivity contribution in [2.45, 2.75) is 26.7 Å². The highest BCUT2D eigenvalue weighted by molar-refractivity contribution is 6.33. The van der Waals surface area contributed by atoms with E-state index in [1.165, 1.54) is 0 Å². The van der Waals surface area contributed by atoms with E-state index in [0.29, 0.717) is 42.5 Å². The predicted molar refractivity (Wildman–Crippen MR) is 123 cm³/mol. The minimum atomic E-state index is -0.132. The first-order valence-corrected chi connectivity index (χ1v) is 10.9. The number of benzene rings is 2. The summed E-state index contributed by atoms with van der Waals surface area (Å²) in [4.78, 5) is 41.1. The summed E-state index contributed by atoms with van der Waals surface area (Å²) in [5, 5.41) is 3.32. The van der Waals surface area contributed by atoms with E-state index in [1.54, 1.807) is 17.0 Å². The molecule has 2 aromatic carbocycles. The Balaban J connectivity index is 1.42. The normalized spacial score (nSPS) is 14.4. The highest BCUT2D eigenvalue weighted by atomic mass is 35.5. The molecule has 0 aromatic heterocycles. The number of Topliss-reactive ketones (excluding diaryl/α,β-unsaturated/α-hetero) is 1. The Morgan fingerprint density at radius 2 is 1.68 bits per heavy atom. The summed E-state index contributed by atoms with van der Waals surface area (Å²) in [6.45, 7) is 6.45. The summed E-state index contributed by atoms with van der Waals surface area (Å²) in [5.74, 6) is -0.143. The molecule has 0 radical (unpaired) electrons. The molecule has 164 valence electrons. The van der Waals surface area contributed by atoms with Crippen LogP contribution < -0.4 is 5.32 Å². The predicted octanol–water partition coefficient (Wildman–Crippen LogP) is 3.70. The Morgan fingerprint density at radius 3 is 2.39 bits per heavy atom. The summed E-state index contributed by atoms with van der Waals surface area (Å²) >= 11 is 6.08. The second kappa shape index (κ2) is 10.6. The van der Waals surface area contributed by atoms with Crippen LogP contribution in [0.2, 0.25) is 5.02 Å². The lowest BCUT2D eigenvalue weighted by atomic mass is 9.99. The smallest absolute Gasteiger partial charge is 0.238 e. The minimum Gasteiger partial charge on any atom is -0.340 e. The highest BCUT2D eigenvalue weighted by Crippen LogP contribution is 2.20. The number of hydrogen-bond donors (Lipinski definition) is 1. The number of amides is 2. The van der Waals surface area contributed by atoms with Crippen molar-refractivity contribution < 1.29 is 14.4 Å². The van der Waals surface area contributed by atoms with E-state index in [2.05, 4.69) is 5.32 Å². The van der Waals surface area contributed by atoms with Gasteiger partial charge in [0.15, 0.2) is 5.78 Å². The lowest BCUT2D eigenvalue weighted by molar-refractivity contribution is -0.133. The molecule has 1 fully saturated rings. The van der Waals surface area contributed by atoms with Gasteiger partial charge in [-0.25, -0.2) is 0 Å². The van der Waals surface area contributed by atoms with Gasteiger partial charge in [0.2, 0.25) is 11.8 Å². The van der Waals surface area contributed by atoms with Crippen molar-refractivity contribution in [2.24, 2.45) is 0 Å². The summed E-state index contributed by atoms with van der Waals surface area (Å²) < 4.78 is 0. The average molecular weight is 442 g/mol. The number of halogens is 1. The van der Waals surface area contributed by atoms with Gasteiger partial charge in [-0.1, -0.05) is 41.4 Å². The zero-order valence-corrected chi connectivity index (χ0v) is 18.7. The second-order valence-electron chi connectivity index (χ2n) is 7.93. The Kier molecular flexibility index (Phi) is 7.82. The molecule has 3 rings (SSSR count). The number of para-hydroxylation sites is 1. The van der Waals surface area contributed by atoms with Crippen LogP contribution in [-0.4, -0.2) is 60.1 Å². The Morgan fingerprint density at radius 1 is 0.968 bits per heavy atom. The zero-order chi connectivity index (χ0) is 22.4. The molecule has 2 amide bonds. The topological polar surface area (TPSA) is 69.7 Å². The van der Waals surface area contributed by atoms with Crippen LogP contribution in [0.25, 0.3) is 0 Å². The molecule has 1 aliphatic rings. The first kappa shape index (κ1) is 23.0. The number of rotatable bonds is 7. The number of anilines is 1. The standard InChI is InChI=1S/C24H28ClN3O3/c1-17-7-8-18(2)19(15-17)22(29)9-10-24(31)28-13-11-27(12-14-28)16-23(30)26-21-6-4-3-5-20(21)25/h3-8,15H,9-14,16H2,1-2H3,(H,26,30). The van der Waals surface area contributed by atoms with Crippen molar-refractivity contribution in [3.05, 3.63) is 64.2 Å². The Labute approximate surface area is 188 Å². The van der Waals surface area contributed by atoms with Gasteiger partial charge < -0.3 is 10.2 Å². The molecule has 0 unspecified atom stereocenters. The molecular formula is C24H28ClN3O3. The van der Waals surface area contributed by atoms with Gasteiger partial charge in [0.05, 0.1) is 17.3 Å². The molecule has 0 aliphatic carbocycles. The minimum absolute atomic E-state index is 0.00410. The van der Waals surface area contributed by atoms with Crippen molar-refractivity contribution in [1.29, 1.82) is 0 Å². The van der Waals surface area contributed by atoms with E-state index in [1.807, 2.05) is 49.1 Å². The fraction of sp³-hybridized carbons (Fsp3) is 0.375. The number of carbonyl (C=O) groups is 3. The molecule has 2 aromatic rings. The highest BCUT2D eigenvalue weighted by Gasteiger charge is 2.23. The number of nitrogens with zero attached hydrogens (tertiary/aromatic N) is 2. The molecule has 1 heterocycles. The molecule has 7 heteroatoms. The lowest BCUT2D eigenvalue weighted by Gasteiger charge is -2.34. The first-order valence-electron chi connectivity index (χ1n) is 10.5. The number of nitrogens with one attached hydrogen (secondary N) is 1. The van der Waals surface area contributed by atoms with Crippen molar-refractivity contribution in [1.82, 2.24) is 9.80 Å². The van der Waals surface area contributed by atoms with Crippen molar-refractivity contribution in [3.63, 3.8) is 0 Å². The number of aryl methyl sites for hydroxylation is 2. The van der Waals surface area contributed by atoms with Gasteiger partial charge in [0.25, 0.3) is 0 Å². The first-order chi connectivity index (χ1) is 14.8. The van der Waals surface area contributed by atoms with Crippen LogP contribution in [0, 0.1) is 13.8 Å². The maximum Gasteiger partial charge on any atom is 0.238 e. The second-order valence-corrected chi connectivity index (χ2v) is 8.33. The fourth-order valence-electron chi connectivity index (χ4n) is 3.66. The molecule has 0 saturated carbocycles. The van der Waals surface area contributed by atoms with Gasteiger partial charge in [0, 0.05) is 44.6 Å². The van der Waals surface area contributed by atoms with E-state index in [0.717, 1.165) is 11.1 Å². The van der Waals surface area contributed by atoms with Crippen LogP contribution in [-0.2, 0) is 9.59 Å². The lowest BCUT2D eigenvalue weighted by Crippen LogP contribution is -2.50. The molecular weight excluding hydrogens is 414 g/mol. The van der Waals surface area contributed by atoms with Crippen LogP contribution in [0.3, 0.4) is 0 Å². The van der Waals surface area contributed by atoms with Crippen LogP contribution in [0.1, 0.15) is 34.3 Å². The zero-order valence-electron chi connectivity index (χ0n) is 18.0. The van der Waals surface area contributed by atoms with Gasteiger partial charge >= 0.3 is 0 Å². The quantitative estimate of drug-likeness (QED) is 0.665. The van der Waals surface area contributed by atoms with Crippen LogP contribution in [0.4, 0.5) is 5.69 Å². The fourth-order valence-corrected chi connectivity index (χ4v) is 3.84. The molecule has 0 spiro atoms. The summed E-state index contributed by atoms with van der Waals surface area (Å²) in [6, 6.07) is 12.9. The number of hydrogen-bond acceptors (Lipinski definition) is 4. The maximum absolute atomic E-state index is 12.6. The van der Waals surface area contributed by atoms with Gasteiger partial charge in [-0.2, -0.15) is 0 Å². The van der Waals surface area contributed by atoms with E-state index in [-0.39, 0.29) is 37.0 Å². The molecule has 31 heavy (non-hydrogen) atoms. The van der Waals surface area contributed by atoms with Gasteiger partial charge in [0.1, 0.15) is 0 Å². The molecule has 6 nitrogen and oxygen atoms in total. The van der Waals surface area contributed by atoms with E-state index < -0.39 is 0 Å². The van der Waals surface area contributed by atoms with Crippen molar-refractivity contribution in [3.8, 4) is 0 Å². The molecule has 1 saturated heterocycles. The number of piperazine rings is 1. The number of ketones is 1. The molecule has 1 N–H and O–H groups in total. The summed E-state index contributed by atoms with van der Waals surface area (Å²) in [6.07, 6.45) is 0.419. The van der Waals surface area contributed by atoms with Crippen LogP contribution in [0.5, 0.6) is 0 Å². The summed E-state index contributed by atoms with van der Waals surface area (Å²) in [7, 11) is 0. The SMILES string of the molecule is Cc1ccc(C)c(C(=O)CCC(=O)N2CCN(CC(=O)Nc3ccccc3Cl)CC2)c1. The Hall–Kier alpha value is -2.70. The van der Waals surface area contributed by atoms with Crippen LogP contribution >= 0.6 is 11.6 Å². The third-order valence-electron chi connectivity index (χ3n) is 5.50. The van der Waals surface area contributed by atoms with E-state index in [9.17, 15) is 14.4 Å². The van der Waals surface area contributed by atoms with Gasteiger partial charge in [-0.15, -0.1) is 0 Å². The van der Waals surface area contributed by atoms with Gasteiger partial charge in [-0.05, 0) is 37.6 Å². The molecule has 0 bridgehead atoms. The number of carbonyl (C=O) groups excluding carboxylic acids is 3. The third kappa shape index (κ3) is 6.39. The van der Waals surface area contributed by atoms with E-state index in [4.69, 9.17) is 11.6 Å². The van der Waals surface area contributed by atoms with Crippen molar-refractivity contribution in [2.75, 3.05) is 38.0 Å². The summed E-state index contributed by atoms with van der Waals surface area (Å²) in [5.41, 5.74) is 3.26. The maximum atomic E-state index is 12.6. The van der Waals surface area contributed by atoms with Crippen molar-refractivity contribution >= 4 is 34.9 Å². The average Bonchev–Trinajstić information content (AvgIpc) is 2.75. The van der Waals surface area contributed by atoms with Crippen LogP contribution in [0.15, 0.2) is 42.5 Å². The Bertz CT molecular complexity index is 968. The van der Waals surface area contributed by atoms with Gasteiger partial charge in [-0.3, -0.25) is 19.3 Å². The monoisotopic (exact) mass is 441 g/mol. The van der Waals surface area contributed by atoms with E-state index >= 15 is 0 Å².